The molecule has 0 fully saturated rings. The van der Waals surface area contributed by atoms with Gasteiger partial charge < -0.3 is 5.32 Å². The van der Waals surface area contributed by atoms with Gasteiger partial charge in [0.05, 0.1) is 28.0 Å². The van der Waals surface area contributed by atoms with E-state index in [0.29, 0.717) is 10.6 Å². The van der Waals surface area contributed by atoms with Crippen LogP contribution >= 0.6 is 43.5 Å². The average Bonchev–Trinajstić information content (AvgIpc) is 2.36. The van der Waals surface area contributed by atoms with E-state index in [1.165, 1.54) is 0 Å². The molecule has 0 amide bonds. The summed E-state index contributed by atoms with van der Waals surface area (Å²) in [7, 11) is 0. The van der Waals surface area contributed by atoms with E-state index >= 15 is 0 Å². The Morgan fingerprint density at radius 3 is 2.50 bits per heavy atom. The highest BCUT2D eigenvalue weighted by atomic mass is 79.9. The van der Waals surface area contributed by atoms with Gasteiger partial charge in [0.25, 0.3) is 0 Å². The van der Waals surface area contributed by atoms with Gasteiger partial charge in [0, 0.05) is 8.95 Å². The summed E-state index contributed by atoms with van der Waals surface area (Å²) in [5, 5.41) is 12.5. The number of anilines is 2. The smallest absolute Gasteiger partial charge is 0.0992 e. The van der Waals surface area contributed by atoms with E-state index in [-0.39, 0.29) is 0 Å². The Morgan fingerprint density at radius 2 is 1.83 bits per heavy atom. The van der Waals surface area contributed by atoms with Crippen LogP contribution < -0.4 is 5.32 Å². The van der Waals surface area contributed by atoms with Crippen LogP contribution in [0.2, 0.25) is 5.02 Å². The van der Waals surface area contributed by atoms with Crippen LogP contribution in [0.4, 0.5) is 11.4 Å². The molecule has 0 saturated carbocycles. The molecule has 2 rings (SSSR count). The SMILES string of the molecule is N#Cc1ccc(Nc2cc(Br)ccc2Br)c(Cl)c1. The lowest BCUT2D eigenvalue weighted by molar-refractivity contribution is 1.47. The van der Waals surface area contributed by atoms with Crippen LogP contribution in [0, 0.1) is 11.3 Å². The number of rotatable bonds is 2. The maximum Gasteiger partial charge on any atom is 0.0992 e. The second-order valence-corrected chi connectivity index (χ2v) is 5.73. The minimum atomic E-state index is 0.515. The third-order valence-corrected chi connectivity index (χ3v) is 3.79. The normalized spacial score (nSPS) is 9.89. The Kier molecular flexibility index (Phi) is 4.28. The second-order valence-electron chi connectivity index (χ2n) is 3.56. The molecule has 0 bridgehead atoms. The summed E-state index contributed by atoms with van der Waals surface area (Å²) < 4.78 is 1.91. The minimum absolute atomic E-state index is 0.515. The van der Waals surface area contributed by atoms with Gasteiger partial charge in [-0.15, -0.1) is 0 Å². The van der Waals surface area contributed by atoms with Crippen molar-refractivity contribution >= 4 is 54.8 Å². The molecule has 0 aliphatic heterocycles. The van der Waals surface area contributed by atoms with Crippen molar-refractivity contribution in [3.05, 3.63) is 55.9 Å². The van der Waals surface area contributed by atoms with Crippen molar-refractivity contribution in [1.82, 2.24) is 0 Å². The Morgan fingerprint density at radius 1 is 1.06 bits per heavy atom. The lowest BCUT2D eigenvalue weighted by Gasteiger charge is -2.10. The van der Waals surface area contributed by atoms with Crippen LogP contribution in [0.15, 0.2) is 45.3 Å². The number of hydrogen-bond acceptors (Lipinski definition) is 2. The zero-order valence-corrected chi connectivity index (χ0v) is 13.0. The first-order valence-corrected chi connectivity index (χ1v) is 6.98. The van der Waals surface area contributed by atoms with Crippen molar-refractivity contribution in [2.45, 2.75) is 0 Å². The molecule has 0 unspecified atom stereocenters. The molecular formula is C13H7Br2ClN2. The maximum atomic E-state index is 8.78. The van der Waals surface area contributed by atoms with Gasteiger partial charge in [-0.25, -0.2) is 0 Å². The fourth-order valence-electron chi connectivity index (χ4n) is 1.42. The molecule has 1 N–H and O–H groups in total. The molecule has 0 atom stereocenters. The minimum Gasteiger partial charge on any atom is -0.353 e. The summed E-state index contributed by atoms with van der Waals surface area (Å²) in [5.41, 5.74) is 2.20. The van der Waals surface area contributed by atoms with E-state index in [0.717, 1.165) is 20.3 Å². The van der Waals surface area contributed by atoms with Crippen molar-refractivity contribution in [2.75, 3.05) is 5.32 Å². The molecule has 0 heterocycles. The van der Waals surface area contributed by atoms with Crippen LogP contribution in [-0.4, -0.2) is 0 Å². The summed E-state index contributed by atoms with van der Waals surface area (Å²) >= 11 is 13.0. The lowest BCUT2D eigenvalue weighted by Crippen LogP contribution is -1.93. The zero-order chi connectivity index (χ0) is 13.1. The standard InChI is InChI=1S/C13H7Br2ClN2/c14-9-2-3-10(15)13(6-9)18-12-4-1-8(7-17)5-11(12)16/h1-6,18H. The summed E-state index contributed by atoms with van der Waals surface area (Å²) in [6.07, 6.45) is 0. The van der Waals surface area contributed by atoms with Crippen LogP contribution in [0.3, 0.4) is 0 Å². The van der Waals surface area contributed by atoms with Gasteiger partial charge >= 0.3 is 0 Å². The van der Waals surface area contributed by atoms with E-state index in [2.05, 4.69) is 43.2 Å². The molecule has 0 saturated heterocycles. The first kappa shape index (κ1) is 13.4. The molecule has 2 nitrogen and oxygen atoms in total. The predicted octanol–water partition coefficient (Wildman–Crippen LogP) is 5.48. The average molecular weight is 386 g/mol. The number of nitriles is 1. The fraction of sp³-hybridized carbons (Fsp3) is 0. The molecule has 5 heteroatoms. The molecule has 0 spiro atoms. The molecule has 0 aliphatic carbocycles. The van der Waals surface area contributed by atoms with E-state index in [1.807, 2.05) is 18.2 Å². The number of nitrogens with one attached hydrogen (secondary N) is 1. The lowest BCUT2D eigenvalue weighted by atomic mass is 10.2. The highest BCUT2D eigenvalue weighted by molar-refractivity contribution is 9.11. The van der Waals surface area contributed by atoms with E-state index < -0.39 is 0 Å². The quantitative estimate of drug-likeness (QED) is 0.742. The summed E-state index contributed by atoms with van der Waals surface area (Å²) in [6, 6.07) is 13.0. The molecule has 0 aliphatic rings. The van der Waals surface area contributed by atoms with Gasteiger partial charge in [-0.05, 0) is 52.3 Å². The Balaban J connectivity index is 2.34. The molecule has 0 aromatic heterocycles. The molecule has 2 aromatic carbocycles. The fourth-order valence-corrected chi connectivity index (χ4v) is 2.36. The number of halogens is 3. The summed E-state index contributed by atoms with van der Waals surface area (Å²) in [6.45, 7) is 0. The van der Waals surface area contributed by atoms with Crippen molar-refractivity contribution in [3.63, 3.8) is 0 Å². The maximum absolute atomic E-state index is 8.78. The topological polar surface area (TPSA) is 35.8 Å². The largest absolute Gasteiger partial charge is 0.353 e. The summed E-state index contributed by atoms with van der Waals surface area (Å²) in [4.78, 5) is 0. The van der Waals surface area contributed by atoms with Gasteiger partial charge in [-0.2, -0.15) is 5.26 Å². The highest BCUT2D eigenvalue weighted by Gasteiger charge is 2.05. The van der Waals surface area contributed by atoms with E-state index in [1.54, 1.807) is 18.2 Å². The number of hydrogen-bond donors (Lipinski definition) is 1. The second kappa shape index (κ2) is 5.75. The van der Waals surface area contributed by atoms with Crippen LogP contribution in [0.5, 0.6) is 0 Å². The molecular weight excluding hydrogens is 379 g/mol. The first-order valence-electron chi connectivity index (χ1n) is 5.02. The van der Waals surface area contributed by atoms with E-state index in [9.17, 15) is 0 Å². The van der Waals surface area contributed by atoms with Gasteiger partial charge in [-0.3, -0.25) is 0 Å². The first-order chi connectivity index (χ1) is 8.60. The van der Waals surface area contributed by atoms with Crippen molar-refractivity contribution in [2.24, 2.45) is 0 Å². The van der Waals surface area contributed by atoms with E-state index in [4.69, 9.17) is 16.9 Å². The molecule has 18 heavy (non-hydrogen) atoms. The third kappa shape index (κ3) is 3.05. The van der Waals surface area contributed by atoms with Gasteiger partial charge in [-0.1, -0.05) is 27.5 Å². The highest BCUT2D eigenvalue weighted by Crippen LogP contribution is 2.32. The van der Waals surface area contributed by atoms with Crippen LogP contribution in [-0.2, 0) is 0 Å². The van der Waals surface area contributed by atoms with Crippen molar-refractivity contribution in [1.29, 1.82) is 5.26 Å². The zero-order valence-electron chi connectivity index (χ0n) is 9.05. The van der Waals surface area contributed by atoms with Gasteiger partial charge in [0.1, 0.15) is 0 Å². The van der Waals surface area contributed by atoms with Crippen molar-refractivity contribution < 1.29 is 0 Å². The number of nitrogens with zero attached hydrogens (tertiary/aromatic N) is 1. The third-order valence-electron chi connectivity index (χ3n) is 2.30. The van der Waals surface area contributed by atoms with Gasteiger partial charge in [0.2, 0.25) is 0 Å². The Hall–Kier alpha value is -1.02. The molecule has 90 valence electrons. The number of benzene rings is 2. The monoisotopic (exact) mass is 384 g/mol. The Bertz CT molecular complexity index is 635. The van der Waals surface area contributed by atoms with Crippen LogP contribution in [0.25, 0.3) is 0 Å². The summed E-state index contributed by atoms with van der Waals surface area (Å²) in [5.74, 6) is 0. The van der Waals surface area contributed by atoms with Gasteiger partial charge in [0.15, 0.2) is 0 Å². The molecule has 2 aromatic rings. The van der Waals surface area contributed by atoms with Crippen LogP contribution in [0.1, 0.15) is 5.56 Å². The van der Waals surface area contributed by atoms with Crippen molar-refractivity contribution in [3.8, 4) is 6.07 Å². The Labute approximate surface area is 127 Å². The predicted molar refractivity (Wildman–Crippen MR) is 81.3 cm³/mol. The molecule has 0 radical (unpaired) electrons.